The van der Waals surface area contributed by atoms with Gasteiger partial charge in [-0.05, 0) is 17.3 Å². The third kappa shape index (κ3) is 1.45. The van der Waals surface area contributed by atoms with E-state index < -0.39 is 0 Å². The van der Waals surface area contributed by atoms with Crippen LogP contribution in [0, 0.1) is 0 Å². The van der Waals surface area contributed by atoms with Gasteiger partial charge >= 0.3 is 0 Å². The van der Waals surface area contributed by atoms with Gasteiger partial charge in [-0.1, -0.05) is 28.1 Å². The predicted octanol–water partition coefficient (Wildman–Crippen LogP) is -0.0562. The van der Waals surface area contributed by atoms with Crippen LogP contribution in [0.15, 0.2) is 30.3 Å². The molecular weight excluding hydrogens is 182 g/mol. The van der Waals surface area contributed by atoms with Crippen LogP contribution < -0.4 is 5.73 Å². The number of anilines is 1. The van der Waals surface area contributed by atoms with Gasteiger partial charge in [-0.25, -0.2) is 0 Å². The summed E-state index contributed by atoms with van der Waals surface area (Å²) in [6, 6.07) is 8.67. The number of benzene rings is 1. The lowest BCUT2D eigenvalue weighted by atomic mass is 10.2. The molecule has 6 heteroatoms. The minimum atomic E-state index is -0.352. The Morgan fingerprint density at radius 2 is 2.00 bits per heavy atom. The van der Waals surface area contributed by atoms with E-state index in [9.17, 15) is 4.79 Å². The van der Waals surface area contributed by atoms with Crippen LogP contribution in [0.4, 0.5) is 5.95 Å². The number of carbonyl (C=O) groups excluding carboxylic acids is 1. The lowest BCUT2D eigenvalue weighted by molar-refractivity contribution is 0.0925. The van der Waals surface area contributed by atoms with Crippen LogP contribution >= 0.6 is 0 Å². The SMILES string of the molecule is Nc1nnn(C(=O)c2ccccc2)n1. The number of nitrogens with zero attached hydrogens (tertiary/aromatic N) is 4. The van der Waals surface area contributed by atoms with E-state index in [0.29, 0.717) is 5.56 Å². The molecule has 1 heterocycles. The number of nitrogens with two attached hydrogens (primary N) is 1. The molecule has 0 atom stereocenters. The molecule has 0 aliphatic carbocycles. The number of carbonyl (C=O) groups is 1. The van der Waals surface area contributed by atoms with Gasteiger partial charge in [0, 0.05) is 5.56 Å². The second kappa shape index (κ2) is 3.25. The second-order valence-corrected chi connectivity index (χ2v) is 2.61. The first-order valence-corrected chi connectivity index (χ1v) is 3.92. The molecule has 0 unspecified atom stereocenters. The van der Waals surface area contributed by atoms with Gasteiger partial charge in [0.05, 0.1) is 0 Å². The Morgan fingerprint density at radius 3 is 2.57 bits per heavy atom. The van der Waals surface area contributed by atoms with Crippen molar-refractivity contribution in [1.82, 2.24) is 20.2 Å². The van der Waals surface area contributed by atoms with Crippen molar-refractivity contribution in [2.45, 2.75) is 0 Å². The van der Waals surface area contributed by atoms with Crippen molar-refractivity contribution in [1.29, 1.82) is 0 Å². The van der Waals surface area contributed by atoms with Crippen LogP contribution in [0.25, 0.3) is 0 Å². The number of hydrogen-bond acceptors (Lipinski definition) is 5. The largest absolute Gasteiger partial charge is 0.365 e. The highest BCUT2D eigenvalue weighted by atomic mass is 16.2. The molecule has 2 rings (SSSR count). The van der Waals surface area contributed by atoms with Crippen LogP contribution in [0.5, 0.6) is 0 Å². The van der Waals surface area contributed by atoms with E-state index in [4.69, 9.17) is 5.73 Å². The minimum Gasteiger partial charge on any atom is -0.365 e. The fourth-order valence-electron chi connectivity index (χ4n) is 1.01. The van der Waals surface area contributed by atoms with E-state index in [0.717, 1.165) is 4.80 Å². The molecule has 1 aromatic carbocycles. The zero-order valence-electron chi connectivity index (χ0n) is 7.16. The van der Waals surface area contributed by atoms with Crippen molar-refractivity contribution in [3.8, 4) is 0 Å². The van der Waals surface area contributed by atoms with E-state index in [1.165, 1.54) is 0 Å². The summed E-state index contributed by atoms with van der Waals surface area (Å²) in [6.45, 7) is 0. The van der Waals surface area contributed by atoms with Crippen LogP contribution in [0.3, 0.4) is 0 Å². The standard InChI is InChI=1S/C8H7N5O/c9-8-10-12-13(11-8)7(14)6-4-2-1-3-5-6/h1-5H,(H2,9,11). The Bertz CT molecular complexity index is 450. The van der Waals surface area contributed by atoms with E-state index in [1.54, 1.807) is 24.3 Å². The van der Waals surface area contributed by atoms with Gasteiger partial charge in [0.1, 0.15) is 0 Å². The molecule has 0 aliphatic heterocycles. The summed E-state index contributed by atoms with van der Waals surface area (Å²) in [5.41, 5.74) is 5.73. The van der Waals surface area contributed by atoms with Gasteiger partial charge in [-0.15, -0.1) is 5.10 Å². The Kier molecular flexibility index (Phi) is 1.94. The Balaban J connectivity index is 2.34. The van der Waals surface area contributed by atoms with Gasteiger partial charge in [0.25, 0.3) is 11.9 Å². The minimum absolute atomic E-state index is 0.0192. The zero-order chi connectivity index (χ0) is 9.97. The van der Waals surface area contributed by atoms with Crippen molar-refractivity contribution in [2.24, 2.45) is 0 Å². The Labute approximate surface area is 79.3 Å². The lowest BCUT2D eigenvalue weighted by Crippen LogP contribution is -2.15. The highest BCUT2D eigenvalue weighted by molar-refractivity contribution is 5.94. The summed E-state index contributed by atoms with van der Waals surface area (Å²) in [5.74, 6) is -0.371. The summed E-state index contributed by atoms with van der Waals surface area (Å²) in [6.07, 6.45) is 0. The van der Waals surface area contributed by atoms with Gasteiger partial charge in [0.2, 0.25) is 0 Å². The first-order valence-electron chi connectivity index (χ1n) is 3.92. The number of nitrogen functional groups attached to an aromatic ring is 1. The van der Waals surface area contributed by atoms with E-state index in [2.05, 4.69) is 15.4 Å². The second-order valence-electron chi connectivity index (χ2n) is 2.61. The van der Waals surface area contributed by atoms with Crippen molar-refractivity contribution >= 4 is 11.9 Å². The Morgan fingerprint density at radius 1 is 1.29 bits per heavy atom. The number of tetrazole rings is 1. The van der Waals surface area contributed by atoms with E-state index in [1.807, 2.05) is 6.07 Å². The third-order valence-corrected chi connectivity index (χ3v) is 1.63. The predicted molar refractivity (Wildman–Crippen MR) is 48.4 cm³/mol. The molecule has 0 aliphatic rings. The first-order chi connectivity index (χ1) is 6.77. The van der Waals surface area contributed by atoms with Crippen LogP contribution in [0.1, 0.15) is 10.4 Å². The maximum atomic E-state index is 11.6. The number of hydrogen-bond donors (Lipinski definition) is 1. The smallest absolute Gasteiger partial charge is 0.297 e. The quantitative estimate of drug-likeness (QED) is 0.679. The summed E-state index contributed by atoms with van der Waals surface area (Å²) in [4.78, 5) is 12.5. The molecule has 70 valence electrons. The zero-order valence-corrected chi connectivity index (χ0v) is 7.16. The molecule has 1 aromatic heterocycles. The number of aromatic nitrogens is 4. The van der Waals surface area contributed by atoms with Crippen molar-refractivity contribution in [2.75, 3.05) is 5.73 Å². The topological polar surface area (TPSA) is 86.7 Å². The van der Waals surface area contributed by atoms with Gasteiger partial charge in [-0.2, -0.15) is 0 Å². The normalized spacial score (nSPS) is 10.0. The van der Waals surface area contributed by atoms with Gasteiger partial charge in [0.15, 0.2) is 0 Å². The average Bonchev–Trinajstić information content (AvgIpc) is 2.65. The fraction of sp³-hybridized carbons (Fsp3) is 0. The summed E-state index contributed by atoms with van der Waals surface area (Å²) < 4.78 is 0. The molecular formula is C8H7N5O. The third-order valence-electron chi connectivity index (χ3n) is 1.63. The van der Waals surface area contributed by atoms with Crippen LogP contribution in [-0.4, -0.2) is 26.1 Å². The molecule has 0 saturated heterocycles. The van der Waals surface area contributed by atoms with Crippen molar-refractivity contribution in [3.05, 3.63) is 35.9 Å². The molecule has 2 aromatic rings. The maximum absolute atomic E-state index is 11.6. The maximum Gasteiger partial charge on any atom is 0.297 e. The average molecular weight is 189 g/mol. The van der Waals surface area contributed by atoms with Crippen LogP contribution in [0.2, 0.25) is 0 Å². The molecule has 14 heavy (non-hydrogen) atoms. The monoisotopic (exact) mass is 189 g/mol. The summed E-state index contributed by atoms with van der Waals surface area (Å²) in [5, 5.41) is 10.5. The number of rotatable bonds is 1. The molecule has 2 N–H and O–H groups in total. The molecule has 0 spiro atoms. The van der Waals surface area contributed by atoms with E-state index in [-0.39, 0.29) is 11.9 Å². The molecule has 0 fully saturated rings. The molecule has 0 saturated carbocycles. The summed E-state index contributed by atoms with van der Waals surface area (Å²) in [7, 11) is 0. The molecule has 0 radical (unpaired) electrons. The van der Waals surface area contributed by atoms with Gasteiger partial charge < -0.3 is 5.73 Å². The van der Waals surface area contributed by atoms with Crippen molar-refractivity contribution < 1.29 is 4.79 Å². The lowest BCUT2D eigenvalue weighted by Gasteiger charge is -1.95. The molecule has 6 nitrogen and oxygen atoms in total. The molecule has 0 amide bonds. The highest BCUT2D eigenvalue weighted by Gasteiger charge is 2.10. The van der Waals surface area contributed by atoms with Crippen molar-refractivity contribution in [3.63, 3.8) is 0 Å². The van der Waals surface area contributed by atoms with Crippen LogP contribution in [-0.2, 0) is 0 Å². The first kappa shape index (κ1) is 8.36. The molecule has 0 bridgehead atoms. The van der Waals surface area contributed by atoms with E-state index >= 15 is 0 Å². The van der Waals surface area contributed by atoms with Gasteiger partial charge in [-0.3, -0.25) is 4.79 Å². The Hall–Kier alpha value is -2.24. The fourth-order valence-corrected chi connectivity index (χ4v) is 1.01. The highest BCUT2D eigenvalue weighted by Crippen LogP contribution is 2.00. The summed E-state index contributed by atoms with van der Waals surface area (Å²) >= 11 is 0.